The van der Waals surface area contributed by atoms with Gasteiger partial charge in [-0.25, -0.2) is 0 Å². The second-order valence-corrected chi connectivity index (χ2v) is 6.20. The minimum atomic E-state index is 0.0807. The van der Waals surface area contributed by atoms with Crippen molar-refractivity contribution in [1.29, 1.82) is 0 Å². The fourth-order valence-electron chi connectivity index (χ4n) is 2.54. The smallest absolute Gasteiger partial charge is 0.267 e. The van der Waals surface area contributed by atoms with Crippen molar-refractivity contribution in [2.45, 2.75) is 6.92 Å². The first-order chi connectivity index (χ1) is 10.8. The lowest BCUT2D eigenvalue weighted by Crippen LogP contribution is -2.46. The number of nitrogens with zero attached hydrogens (tertiary/aromatic N) is 1. The van der Waals surface area contributed by atoms with E-state index in [1.54, 1.807) is 0 Å². The van der Waals surface area contributed by atoms with E-state index in [2.05, 4.69) is 17.4 Å². The molecule has 1 aromatic heterocycles. The zero-order valence-corrected chi connectivity index (χ0v) is 13.5. The van der Waals surface area contributed by atoms with Crippen LogP contribution in [-0.4, -0.2) is 43.6 Å². The van der Waals surface area contributed by atoms with Crippen molar-refractivity contribution in [3.05, 3.63) is 41.3 Å². The fourth-order valence-corrected chi connectivity index (χ4v) is 3.62. The Morgan fingerprint density at radius 2 is 2.00 bits per heavy atom. The van der Waals surface area contributed by atoms with Crippen LogP contribution in [0.15, 0.2) is 36.4 Å². The molecule has 0 saturated carbocycles. The summed E-state index contributed by atoms with van der Waals surface area (Å²) in [5.74, 6) is 0.784. The Labute approximate surface area is 134 Å². The van der Waals surface area contributed by atoms with E-state index in [0.717, 1.165) is 36.6 Å². The molecule has 0 spiro atoms. The van der Waals surface area contributed by atoms with Gasteiger partial charge in [-0.3, -0.25) is 4.79 Å². The van der Waals surface area contributed by atoms with Gasteiger partial charge in [0.05, 0.1) is 6.61 Å². The number of hydrogen-bond acceptors (Lipinski definition) is 4. The molecule has 1 N–H and O–H groups in total. The van der Waals surface area contributed by atoms with Gasteiger partial charge in [0.25, 0.3) is 5.91 Å². The van der Waals surface area contributed by atoms with Gasteiger partial charge < -0.3 is 15.0 Å². The summed E-state index contributed by atoms with van der Waals surface area (Å²) >= 11 is 1.52. The third-order valence-electron chi connectivity index (χ3n) is 3.65. The predicted molar refractivity (Wildman–Crippen MR) is 89.7 cm³/mol. The zero-order valence-electron chi connectivity index (χ0n) is 12.7. The summed E-state index contributed by atoms with van der Waals surface area (Å²) in [7, 11) is 0. The van der Waals surface area contributed by atoms with Crippen molar-refractivity contribution in [3.8, 4) is 16.2 Å². The second kappa shape index (κ2) is 6.94. The molecule has 1 amide bonds. The van der Waals surface area contributed by atoms with Crippen LogP contribution in [0.3, 0.4) is 0 Å². The van der Waals surface area contributed by atoms with Gasteiger partial charge in [0.2, 0.25) is 0 Å². The lowest BCUT2D eigenvalue weighted by molar-refractivity contribution is 0.0737. The molecule has 22 heavy (non-hydrogen) atoms. The van der Waals surface area contributed by atoms with Gasteiger partial charge in [-0.05, 0) is 18.6 Å². The summed E-state index contributed by atoms with van der Waals surface area (Å²) in [6.45, 7) is 5.72. The number of carbonyl (C=O) groups is 1. The predicted octanol–water partition coefficient (Wildman–Crippen LogP) is 2.86. The molecule has 0 aliphatic carbocycles. The Morgan fingerprint density at radius 3 is 2.68 bits per heavy atom. The first-order valence-corrected chi connectivity index (χ1v) is 8.43. The number of nitrogens with one attached hydrogen (secondary N) is 1. The highest BCUT2D eigenvalue weighted by molar-refractivity contribution is 7.17. The molecule has 1 saturated heterocycles. The quantitative estimate of drug-likeness (QED) is 0.943. The van der Waals surface area contributed by atoms with Crippen LogP contribution in [0.25, 0.3) is 10.4 Å². The average Bonchev–Trinajstić information content (AvgIpc) is 3.00. The van der Waals surface area contributed by atoms with Crippen LogP contribution in [-0.2, 0) is 0 Å². The van der Waals surface area contributed by atoms with Crippen molar-refractivity contribution in [1.82, 2.24) is 10.2 Å². The highest BCUT2D eigenvalue weighted by Crippen LogP contribution is 2.37. The van der Waals surface area contributed by atoms with Gasteiger partial charge in [-0.2, -0.15) is 0 Å². The van der Waals surface area contributed by atoms with E-state index >= 15 is 0 Å². The maximum Gasteiger partial charge on any atom is 0.267 e. The Kier molecular flexibility index (Phi) is 4.75. The zero-order chi connectivity index (χ0) is 15.4. The summed E-state index contributed by atoms with van der Waals surface area (Å²) in [5, 5.41) is 3.27. The van der Waals surface area contributed by atoms with Gasteiger partial charge in [-0.1, -0.05) is 30.3 Å². The van der Waals surface area contributed by atoms with E-state index in [4.69, 9.17) is 4.74 Å². The van der Waals surface area contributed by atoms with Crippen LogP contribution >= 0.6 is 11.3 Å². The number of rotatable bonds is 4. The molecule has 116 valence electrons. The summed E-state index contributed by atoms with van der Waals surface area (Å²) in [6.07, 6.45) is 0. The molecule has 0 radical (unpaired) electrons. The first-order valence-electron chi connectivity index (χ1n) is 7.61. The normalized spacial score (nSPS) is 14.9. The molecule has 1 aliphatic rings. The van der Waals surface area contributed by atoms with E-state index in [1.165, 1.54) is 11.3 Å². The minimum absolute atomic E-state index is 0.0807. The third-order valence-corrected chi connectivity index (χ3v) is 4.81. The van der Waals surface area contributed by atoms with Gasteiger partial charge in [0.1, 0.15) is 10.6 Å². The van der Waals surface area contributed by atoms with Crippen LogP contribution in [0.5, 0.6) is 5.75 Å². The standard InChI is InChI=1S/C17H20N2O2S/c1-2-21-14-12-15(13-6-4-3-5-7-13)22-16(14)17(20)19-10-8-18-9-11-19/h3-7,12,18H,2,8-11H2,1H3. The SMILES string of the molecule is CCOc1cc(-c2ccccc2)sc1C(=O)N1CCNCC1. The third kappa shape index (κ3) is 3.15. The number of thiophene rings is 1. The lowest BCUT2D eigenvalue weighted by Gasteiger charge is -2.27. The Balaban J connectivity index is 1.91. The van der Waals surface area contributed by atoms with Crippen LogP contribution in [0.4, 0.5) is 0 Å². The maximum absolute atomic E-state index is 12.8. The van der Waals surface area contributed by atoms with Crippen molar-refractivity contribution >= 4 is 17.2 Å². The molecule has 2 heterocycles. The first kappa shape index (κ1) is 15.1. The molecular formula is C17H20N2O2S. The molecule has 1 fully saturated rings. The number of benzene rings is 1. The second-order valence-electron chi connectivity index (χ2n) is 5.15. The minimum Gasteiger partial charge on any atom is -0.492 e. The topological polar surface area (TPSA) is 41.6 Å². The van der Waals surface area contributed by atoms with Gasteiger partial charge >= 0.3 is 0 Å². The van der Waals surface area contributed by atoms with Crippen LogP contribution < -0.4 is 10.1 Å². The maximum atomic E-state index is 12.8. The molecule has 0 unspecified atom stereocenters. The van der Waals surface area contributed by atoms with E-state index in [-0.39, 0.29) is 5.91 Å². The molecule has 3 rings (SSSR count). The van der Waals surface area contributed by atoms with Crippen molar-refractivity contribution < 1.29 is 9.53 Å². The highest BCUT2D eigenvalue weighted by Gasteiger charge is 2.24. The van der Waals surface area contributed by atoms with E-state index < -0.39 is 0 Å². The van der Waals surface area contributed by atoms with E-state index in [9.17, 15) is 4.79 Å². The number of piperazine rings is 1. The number of carbonyl (C=O) groups excluding carboxylic acids is 1. The van der Waals surface area contributed by atoms with Crippen LogP contribution in [0, 0.1) is 0 Å². The molecule has 0 atom stereocenters. The van der Waals surface area contributed by atoms with Gasteiger partial charge in [-0.15, -0.1) is 11.3 Å². The fraction of sp³-hybridized carbons (Fsp3) is 0.353. The Bertz CT molecular complexity index is 633. The summed E-state index contributed by atoms with van der Waals surface area (Å²) < 4.78 is 5.70. The average molecular weight is 316 g/mol. The molecular weight excluding hydrogens is 296 g/mol. The highest BCUT2D eigenvalue weighted by atomic mass is 32.1. The summed E-state index contributed by atoms with van der Waals surface area (Å²) in [4.78, 5) is 16.5. The van der Waals surface area contributed by atoms with Crippen molar-refractivity contribution in [2.75, 3.05) is 32.8 Å². The number of hydrogen-bond donors (Lipinski definition) is 1. The van der Waals surface area contributed by atoms with E-state index in [1.807, 2.05) is 36.1 Å². The van der Waals surface area contributed by atoms with Gasteiger partial charge in [0.15, 0.2) is 0 Å². The number of ether oxygens (including phenoxy) is 1. The molecule has 4 nitrogen and oxygen atoms in total. The van der Waals surface area contributed by atoms with E-state index in [0.29, 0.717) is 17.2 Å². The number of amides is 1. The molecule has 0 bridgehead atoms. The van der Waals surface area contributed by atoms with Gasteiger partial charge in [0, 0.05) is 31.1 Å². The molecule has 5 heteroatoms. The summed E-state index contributed by atoms with van der Waals surface area (Å²) in [5.41, 5.74) is 1.12. The Morgan fingerprint density at radius 1 is 1.27 bits per heavy atom. The monoisotopic (exact) mass is 316 g/mol. The van der Waals surface area contributed by atoms with Crippen LogP contribution in [0.1, 0.15) is 16.6 Å². The lowest BCUT2D eigenvalue weighted by atomic mass is 10.2. The van der Waals surface area contributed by atoms with Crippen molar-refractivity contribution in [3.63, 3.8) is 0 Å². The largest absolute Gasteiger partial charge is 0.492 e. The molecule has 2 aromatic rings. The van der Waals surface area contributed by atoms with Crippen molar-refractivity contribution in [2.24, 2.45) is 0 Å². The molecule has 1 aliphatic heterocycles. The Hall–Kier alpha value is -1.85. The molecule has 1 aromatic carbocycles. The summed E-state index contributed by atoms with van der Waals surface area (Å²) in [6, 6.07) is 12.1. The van der Waals surface area contributed by atoms with Crippen LogP contribution in [0.2, 0.25) is 0 Å².